The maximum absolute atomic E-state index is 6.18. The van der Waals surface area contributed by atoms with Gasteiger partial charge >= 0.3 is 0 Å². The average molecular weight is 310 g/mol. The van der Waals surface area contributed by atoms with E-state index in [-0.39, 0.29) is 0 Å². The number of rotatable bonds is 3. The molecule has 0 bridgehead atoms. The Balaban J connectivity index is 2.24. The molecule has 104 valence electrons. The number of pyridine rings is 1. The fourth-order valence-corrected chi connectivity index (χ4v) is 2.73. The van der Waals surface area contributed by atoms with Crippen LogP contribution in [0.5, 0.6) is 0 Å². The minimum Gasteiger partial charge on any atom is -0.383 e. The zero-order valence-electron chi connectivity index (χ0n) is 10.8. The minimum atomic E-state index is 0.469. The van der Waals surface area contributed by atoms with E-state index in [1.807, 2.05) is 4.57 Å². The third-order valence-electron chi connectivity index (χ3n) is 3.10. The first-order chi connectivity index (χ1) is 9.61. The van der Waals surface area contributed by atoms with E-state index in [1.54, 1.807) is 29.2 Å². The molecule has 0 aliphatic heterocycles. The summed E-state index contributed by atoms with van der Waals surface area (Å²) in [4.78, 5) is 8.69. The van der Waals surface area contributed by atoms with Gasteiger partial charge in [0.25, 0.3) is 0 Å². The molecule has 0 amide bonds. The number of halogens is 2. The van der Waals surface area contributed by atoms with Gasteiger partial charge in [-0.05, 0) is 12.5 Å². The Hall–Kier alpha value is -1.72. The molecule has 0 radical (unpaired) electrons. The van der Waals surface area contributed by atoms with Crippen LogP contribution in [0.3, 0.4) is 0 Å². The number of nitrogen functional groups attached to an aromatic ring is 1. The summed E-state index contributed by atoms with van der Waals surface area (Å²) in [6.45, 7) is 2.96. The van der Waals surface area contributed by atoms with E-state index in [4.69, 9.17) is 28.9 Å². The van der Waals surface area contributed by atoms with Crippen LogP contribution < -0.4 is 5.73 Å². The standard InChI is InChI=1S/C13H13Cl2N5/c1-2-3-19-7-17-5-10(19)11-12(16)20-6-8(14)4-9(15)13(20)18-11/h4-7H,2-3,16H2,1H3. The Morgan fingerprint density at radius 2 is 2.15 bits per heavy atom. The number of nitrogens with zero attached hydrogens (tertiary/aromatic N) is 4. The minimum absolute atomic E-state index is 0.469. The van der Waals surface area contributed by atoms with Crippen molar-refractivity contribution in [3.63, 3.8) is 0 Å². The number of anilines is 1. The fourth-order valence-electron chi connectivity index (χ4n) is 2.22. The van der Waals surface area contributed by atoms with Gasteiger partial charge < -0.3 is 10.3 Å². The number of hydrogen-bond acceptors (Lipinski definition) is 3. The van der Waals surface area contributed by atoms with Crippen molar-refractivity contribution in [2.75, 3.05) is 5.73 Å². The highest BCUT2D eigenvalue weighted by molar-refractivity contribution is 6.36. The van der Waals surface area contributed by atoms with E-state index in [0.29, 0.717) is 27.2 Å². The van der Waals surface area contributed by atoms with E-state index in [9.17, 15) is 0 Å². The van der Waals surface area contributed by atoms with Crippen molar-refractivity contribution in [1.82, 2.24) is 18.9 Å². The topological polar surface area (TPSA) is 61.1 Å². The van der Waals surface area contributed by atoms with Crippen molar-refractivity contribution in [3.8, 4) is 11.4 Å². The summed E-state index contributed by atoms with van der Waals surface area (Å²) in [6, 6.07) is 1.65. The molecule has 3 heterocycles. The van der Waals surface area contributed by atoms with Crippen molar-refractivity contribution in [3.05, 3.63) is 34.8 Å². The molecule has 0 aliphatic rings. The highest BCUT2D eigenvalue weighted by Crippen LogP contribution is 2.31. The molecule has 0 saturated carbocycles. The summed E-state index contributed by atoms with van der Waals surface area (Å²) >= 11 is 12.2. The third kappa shape index (κ3) is 2.03. The number of hydrogen-bond donors (Lipinski definition) is 1. The number of imidazole rings is 2. The predicted molar refractivity (Wildman–Crippen MR) is 81.1 cm³/mol. The van der Waals surface area contributed by atoms with Gasteiger partial charge in [-0.1, -0.05) is 30.1 Å². The van der Waals surface area contributed by atoms with Crippen LogP contribution in [0.15, 0.2) is 24.8 Å². The van der Waals surface area contributed by atoms with Crippen LogP contribution >= 0.6 is 23.2 Å². The molecule has 0 spiro atoms. The van der Waals surface area contributed by atoms with Gasteiger partial charge in [0.05, 0.1) is 28.3 Å². The lowest BCUT2D eigenvalue weighted by atomic mass is 10.3. The number of aryl methyl sites for hydroxylation is 1. The Bertz CT molecular complexity index is 775. The lowest BCUT2D eigenvalue weighted by Crippen LogP contribution is -2.00. The van der Waals surface area contributed by atoms with Gasteiger partial charge in [-0.3, -0.25) is 4.40 Å². The first-order valence-electron chi connectivity index (χ1n) is 6.25. The van der Waals surface area contributed by atoms with Gasteiger partial charge in [0.2, 0.25) is 0 Å². The molecule has 0 fully saturated rings. The van der Waals surface area contributed by atoms with Crippen LogP contribution in [0, 0.1) is 0 Å². The zero-order valence-corrected chi connectivity index (χ0v) is 12.4. The smallest absolute Gasteiger partial charge is 0.158 e. The normalized spacial score (nSPS) is 11.3. The second kappa shape index (κ2) is 5.00. The third-order valence-corrected chi connectivity index (χ3v) is 3.58. The SMILES string of the molecule is CCCn1cncc1-c1nc2c(Cl)cc(Cl)cn2c1N. The monoisotopic (exact) mass is 309 g/mol. The fraction of sp³-hybridized carbons (Fsp3) is 0.231. The molecular weight excluding hydrogens is 297 g/mol. The summed E-state index contributed by atoms with van der Waals surface area (Å²) < 4.78 is 3.72. The summed E-state index contributed by atoms with van der Waals surface area (Å²) in [5, 5.41) is 0.984. The molecule has 3 aromatic rings. The van der Waals surface area contributed by atoms with Crippen molar-refractivity contribution in [1.29, 1.82) is 0 Å². The highest BCUT2D eigenvalue weighted by atomic mass is 35.5. The summed E-state index contributed by atoms with van der Waals surface area (Å²) in [7, 11) is 0. The molecule has 5 nitrogen and oxygen atoms in total. The highest BCUT2D eigenvalue weighted by Gasteiger charge is 2.17. The molecule has 0 atom stereocenters. The molecule has 2 N–H and O–H groups in total. The summed E-state index contributed by atoms with van der Waals surface area (Å²) in [5.41, 5.74) is 8.31. The predicted octanol–water partition coefficient (Wildman–Crippen LogP) is 3.50. The van der Waals surface area contributed by atoms with Crippen molar-refractivity contribution >= 4 is 34.7 Å². The molecule has 20 heavy (non-hydrogen) atoms. The van der Waals surface area contributed by atoms with E-state index in [0.717, 1.165) is 18.7 Å². The van der Waals surface area contributed by atoms with Crippen molar-refractivity contribution in [2.24, 2.45) is 0 Å². The Morgan fingerprint density at radius 3 is 2.90 bits per heavy atom. The molecule has 0 saturated heterocycles. The molecular formula is C13H13Cl2N5. The van der Waals surface area contributed by atoms with E-state index >= 15 is 0 Å². The Morgan fingerprint density at radius 1 is 1.35 bits per heavy atom. The summed E-state index contributed by atoms with van der Waals surface area (Å²) in [5.74, 6) is 0.502. The van der Waals surface area contributed by atoms with Gasteiger partial charge in [-0.2, -0.15) is 0 Å². The lowest BCUT2D eigenvalue weighted by molar-refractivity contribution is 0.683. The average Bonchev–Trinajstić information content (AvgIpc) is 2.96. The molecule has 0 aromatic carbocycles. The van der Waals surface area contributed by atoms with Crippen molar-refractivity contribution in [2.45, 2.75) is 19.9 Å². The first kappa shape index (κ1) is 13.3. The second-order valence-electron chi connectivity index (χ2n) is 4.52. The largest absolute Gasteiger partial charge is 0.383 e. The van der Waals surface area contributed by atoms with Gasteiger partial charge in [0.1, 0.15) is 11.5 Å². The summed E-state index contributed by atoms with van der Waals surface area (Å²) in [6.07, 6.45) is 6.23. The van der Waals surface area contributed by atoms with Crippen LogP contribution in [0.1, 0.15) is 13.3 Å². The maximum Gasteiger partial charge on any atom is 0.158 e. The van der Waals surface area contributed by atoms with Gasteiger partial charge in [-0.25, -0.2) is 9.97 Å². The second-order valence-corrected chi connectivity index (χ2v) is 5.36. The van der Waals surface area contributed by atoms with Gasteiger partial charge in [0, 0.05) is 12.7 Å². The number of aromatic nitrogens is 4. The van der Waals surface area contributed by atoms with Crippen LogP contribution in [-0.2, 0) is 6.54 Å². The van der Waals surface area contributed by atoms with Crippen LogP contribution in [0.2, 0.25) is 10.0 Å². The number of fused-ring (bicyclic) bond motifs is 1. The Kier molecular flexibility index (Phi) is 3.31. The molecule has 3 rings (SSSR count). The molecule has 0 aliphatic carbocycles. The van der Waals surface area contributed by atoms with Crippen LogP contribution in [-0.4, -0.2) is 18.9 Å². The van der Waals surface area contributed by atoms with E-state index < -0.39 is 0 Å². The Labute approximate surface area is 126 Å². The molecule has 7 heteroatoms. The first-order valence-corrected chi connectivity index (χ1v) is 7.00. The van der Waals surface area contributed by atoms with E-state index in [1.165, 1.54) is 0 Å². The quantitative estimate of drug-likeness (QED) is 0.805. The molecule has 3 aromatic heterocycles. The van der Waals surface area contributed by atoms with Crippen LogP contribution in [0.4, 0.5) is 5.82 Å². The van der Waals surface area contributed by atoms with Gasteiger partial charge in [0.15, 0.2) is 5.65 Å². The lowest BCUT2D eigenvalue weighted by Gasteiger charge is -2.04. The zero-order chi connectivity index (χ0) is 14.3. The maximum atomic E-state index is 6.18. The molecule has 0 unspecified atom stereocenters. The number of nitrogens with two attached hydrogens (primary N) is 1. The van der Waals surface area contributed by atoms with Gasteiger partial charge in [-0.15, -0.1) is 0 Å². The van der Waals surface area contributed by atoms with Crippen LogP contribution in [0.25, 0.3) is 17.0 Å². The van der Waals surface area contributed by atoms with E-state index in [2.05, 4.69) is 16.9 Å². The van der Waals surface area contributed by atoms with Crippen molar-refractivity contribution < 1.29 is 0 Å².